The lowest BCUT2D eigenvalue weighted by Crippen LogP contribution is -2.16. The molecule has 8 aromatic carbocycles. The Morgan fingerprint density at radius 2 is 0.500 bits per heavy atom. The number of para-hydroxylation sites is 6. The molecule has 2 unspecified atom stereocenters. The zero-order valence-corrected chi connectivity index (χ0v) is 37.4. The molecule has 0 spiro atoms. The zero-order chi connectivity index (χ0) is 43.7. The molecule has 9 rings (SSSR count). The average Bonchev–Trinajstić information content (AvgIpc) is 3.31. The molecule has 0 aromatic heterocycles. The van der Waals surface area contributed by atoms with Crippen LogP contribution in [0.15, 0.2) is 249 Å². The predicted molar refractivity (Wildman–Crippen MR) is 255 cm³/mol. The monoisotopic (exact) mass is 924 g/mol. The predicted octanol–water partition coefficient (Wildman–Crippen LogP) is 14.5. The number of phenolic OH excluding ortho intramolecular Hbond substituents is 2. The molecule has 16 heteroatoms. The minimum atomic E-state index is -4.33. The lowest BCUT2D eigenvalue weighted by Gasteiger charge is -2.34. The molecule has 320 valence electrons. The second-order valence-electron chi connectivity index (χ2n) is 13.9. The number of aromatic hydroxyl groups is 2. The van der Waals surface area contributed by atoms with Crippen LogP contribution in [0.5, 0.6) is 46.0 Å². The van der Waals surface area contributed by atoms with Gasteiger partial charge in [-0.2, -0.15) is 4.52 Å². The maximum absolute atomic E-state index is 10.7. The van der Waals surface area contributed by atoms with E-state index in [1.165, 1.54) is 24.3 Å². The molecule has 1 heterocycles. The van der Waals surface area contributed by atoms with Crippen molar-refractivity contribution >= 4 is 40.8 Å². The van der Waals surface area contributed by atoms with E-state index in [-0.39, 0.29) is 11.5 Å². The Kier molecular flexibility index (Phi) is 12.5. The lowest BCUT2D eigenvalue weighted by molar-refractivity contribution is 0.460. The summed E-state index contributed by atoms with van der Waals surface area (Å²) in [7, 11) is -16.8. The minimum absolute atomic E-state index is 0.00255. The summed E-state index contributed by atoms with van der Waals surface area (Å²) < 4.78 is 65.7. The van der Waals surface area contributed by atoms with E-state index in [2.05, 4.69) is 0 Å². The summed E-state index contributed by atoms with van der Waals surface area (Å²) in [6, 6.07) is 67.5. The van der Waals surface area contributed by atoms with Crippen molar-refractivity contribution in [2.75, 3.05) is 0 Å². The van der Waals surface area contributed by atoms with E-state index >= 15 is 0 Å². The molecule has 2 atom stereocenters. The van der Waals surface area contributed by atoms with Gasteiger partial charge in [0.1, 0.15) is 46.0 Å². The highest BCUT2D eigenvalue weighted by Gasteiger charge is 2.47. The SMILES string of the molecule is Oc1ccc(P2(Oc3ccccc3)=NP(Oc3ccccc3)(Oc3ccccc3)=NP(Oc3ccccc3)(Oc3ccccc3)=NP(Oc3ccccc3)(c3ccc(O)cc3)=N2)cc1. The number of hydrogen-bond acceptors (Lipinski definition) is 12. The van der Waals surface area contributed by atoms with Gasteiger partial charge in [-0.3, -0.25) is 0 Å². The first-order chi connectivity index (χ1) is 31.3. The molecule has 64 heavy (non-hydrogen) atoms. The molecule has 1 aliphatic heterocycles. The summed E-state index contributed by atoms with van der Waals surface area (Å²) in [5, 5.41) is 22.3. The summed E-state index contributed by atoms with van der Waals surface area (Å²) in [5.41, 5.74) is 0. The fourth-order valence-corrected chi connectivity index (χ4v) is 20.2. The Bertz CT molecular complexity index is 2780. The molecule has 1 aliphatic rings. The minimum Gasteiger partial charge on any atom is -0.508 e. The van der Waals surface area contributed by atoms with E-state index in [1.54, 1.807) is 97.1 Å². The van der Waals surface area contributed by atoms with Crippen molar-refractivity contribution < 1.29 is 37.4 Å². The van der Waals surface area contributed by atoms with Gasteiger partial charge in [0.2, 0.25) is 0 Å². The van der Waals surface area contributed by atoms with Gasteiger partial charge in [0.15, 0.2) is 0 Å². The zero-order valence-electron chi connectivity index (χ0n) is 33.9. The van der Waals surface area contributed by atoms with Crippen molar-refractivity contribution in [3.05, 3.63) is 231 Å². The van der Waals surface area contributed by atoms with Gasteiger partial charge in [0, 0.05) is 0 Å². The Labute approximate surface area is 371 Å². The topological polar surface area (TPSA) is 145 Å². The van der Waals surface area contributed by atoms with Gasteiger partial charge in [-0.15, -0.1) is 9.03 Å². The van der Waals surface area contributed by atoms with Gasteiger partial charge >= 0.3 is 15.3 Å². The Hall–Kier alpha value is -6.92. The van der Waals surface area contributed by atoms with Crippen LogP contribution in [0.1, 0.15) is 0 Å². The van der Waals surface area contributed by atoms with Gasteiger partial charge in [-0.25, -0.2) is 0 Å². The van der Waals surface area contributed by atoms with E-state index in [0.717, 1.165) is 0 Å². The first-order valence-electron chi connectivity index (χ1n) is 19.9. The van der Waals surface area contributed by atoms with Crippen LogP contribution in [-0.4, -0.2) is 10.2 Å². The smallest absolute Gasteiger partial charge is 0.458 e. The Morgan fingerprint density at radius 3 is 0.797 bits per heavy atom. The summed E-state index contributed by atoms with van der Waals surface area (Å²) in [6.45, 7) is 0. The lowest BCUT2D eigenvalue weighted by atomic mass is 10.3. The molecule has 0 saturated heterocycles. The first kappa shape index (κ1) is 42.4. The summed E-state index contributed by atoms with van der Waals surface area (Å²) in [5.74, 6) is 2.26. The van der Waals surface area contributed by atoms with E-state index in [4.69, 9.17) is 45.2 Å². The van der Waals surface area contributed by atoms with Crippen LogP contribution < -0.4 is 37.8 Å². The molecular formula is C48H40N4O8P4. The number of benzene rings is 8. The van der Waals surface area contributed by atoms with E-state index in [9.17, 15) is 10.2 Å². The van der Waals surface area contributed by atoms with Crippen molar-refractivity contribution in [1.82, 2.24) is 0 Å². The summed E-state index contributed by atoms with van der Waals surface area (Å²) in [4.78, 5) is 0. The number of hydrogen-bond donors (Lipinski definition) is 2. The molecule has 12 nitrogen and oxygen atoms in total. The molecule has 0 saturated carbocycles. The van der Waals surface area contributed by atoms with Gasteiger partial charge in [0.05, 0.1) is 10.6 Å². The third-order valence-electron chi connectivity index (χ3n) is 9.13. The van der Waals surface area contributed by atoms with Crippen molar-refractivity contribution in [2.24, 2.45) is 18.1 Å². The maximum atomic E-state index is 10.7. The van der Waals surface area contributed by atoms with Crippen LogP contribution >= 0.6 is 30.2 Å². The highest BCUT2D eigenvalue weighted by Crippen LogP contribution is 2.78. The molecule has 2 N–H and O–H groups in total. The Morgan fingerprint density at radius 1 is 0.250 bits per heavy atom. The maximum Gasteiger partial charge on any atom is 0.458 e. The molecule has 8 aromatic rings. The van der Waals surface area contributed by atoms with Gasteiger partial charge in [-0.05, 0) is 121 Å². The molecule has 0 fully saturated rings. The third kappa shape index (κ3) is 9.97. The molecule has 0 aliphatic carbocycles. The van der Waals surface area contributed by atoms with Crippen LogP contribution in [-0.2, 0) is 0 Å². The fourth-order valence-electron chi connectivity index (χ4n) is 6.28. The molecule has 0 amide bonds. The fraction of sp³-hybridized carbons (Fsp3) is 0. The molecule has 0 bridgehead atoms. The second kappa shape index (κ2) is 18.8. The van der Waals surface area contributed by atoms with Crippen LogP contribution in [0.25, 0.3) is 0 Å². The number of rotatable bonds is 14. The summed E-state index contributed by atoms with van der Waals surface area (Å²) >= 11 is 0. The van der Waals surface area contributed by atoms with Crippen LogP contribution in [0.3, 0.4) is 0 Å². The second-order valence-corrected chi connectivity index (χ2v) is 23.0. The highest BCUT2D eigenvalue weighted by molar-refractivity contribution is 7.86. The van der Waals surface area contributed by atoms with Crippen molar-refractivity contribution in [1.29, 1.82) is 0 Å². The van der Waals surface area contributed by atoms with Crippen molar-refractivity contribution in [2.45, 2.75) is 0 Å². The van der Waals surface area contributed by atoms with Gasteiger partial charge < -0.3 is 37.4 Å². The van der Waals surface area contributed by atoms with E-state index in [0.29, 0.717) is 45.1 Å². The van der Waals surface area contributed by atoms with Gasteiger partial charge in [0.25, 0.3) is 14.9 Å². The first-order valence-corrected chi connectivity index (χ1v) is 26.2. The highest BCUT2D eigenvalue weighted by atomic mass is 31.3. The van der Waals surface area contributed by atoms with Crippen LogP contribution in [0, 0.1) is 0 Å². The number of nitrogens with zero attached hydrogens (tertiary/aromatic N) is 4. The standard InChI is InChI=1S/C48H40N4O8P4/c53-39-31-35-47(36-32-39)61(55-41-19-7-1-8-20-41)49-62(48-37-33-40(54)34-38-48,56-42-21-9-2-10-22-42)51-64(59-45-27-15-5-16-28-45,60-46-29-17-6-18-30-46)52-63(50-61,57-43-23-11-3-12-24-43)58-44-25-13-4-14-26-44/h1-38,53-54H. The average molecular weight is 925 g/mol. The molecule has 0 radical (unpaired) electrons. The van der Waals surface area contributed by atoms with Crippen molar-refractivity contribution in [3.63, 3.8) is 0 Å². The largest absolute Gasteiger partial charge is 0.508 e. The van der Waals surface area contributed by atoms with E-state index < -0.39 is 30.2 Å². The van der Waals surface area contributed by atoms with Crippen molar-refractivity contribution in [3.8, 4) is 46.0 Å². The molecular weight excluding hydrogens is 884 g/mol. The third-order valence-corrected chi connectivity index (χ3v) is 21.3. The summed E-state index contributed by atoms with van der Waals surface area (Å²) in [6.07, 6.45) is 0. The van der Waals surface area contributed by atoms with Gasteiger partial charge in [-0.1, -0.05) is 114 Å². The quantitative estimate of drug-likeness (QED) is 0.103. The van der Waals surface area contributed by atoms with Crippen LogP contribution in [0.4, 0.5) is 0 Å². The Balaban J connectivity index is 1.52. The number of phenols is 2. The normalized spacial score (nSPS) is 18.4. The van der Waals surface area contributed by atoms with Crippen LogP contribution in [0.2, 0.25) is 0 Å². The van der Waals surface area contributed by atoms with E-state index in [1.807, 2.05) is 109 Å².